The number of rotatable bonds is 5. The largest absolute Gasteiger partial charge is 0.490 e. The molecule has 2 atom stereocenters. The highest BCUT2D eigenvalue weighted by Crippen LogP contribution is 2.49. The first kappa shape index (κ1) is 24.6. The highest BCUT2D eigenvalue weighted by Gasteiger charge is 2.50. The molecule has 0 radical (unpaired) electrons. The van der Waals surface area contributed by atoms with Crippen molar-refractivity contribution in [1.29, 1.82) is 0 Å². The number of amides is 1. The van der Waals surface area contributed by atoms with E-state index in [1.54, 1.807) is 18.5 Å². The van der Waals surface area contributed by atoms with Crippen LogP contribution in [0.5, 0.6) is 0 Å². The smallest absolute Gasteiger partial charge is 0.475 e. The summed E-state index contributed by atoms with van der Waals surface area (Å²) in [6.07, 6.45) is 1.54. The number of carboxylic acid groups (broad SMARTS) is 1. The van der Waals surface area contributed by atoms with Gasteiger partial charge < -0.3 is 14.7 Å². The fourth-order valence-electron chi connectivity index (χ4n) is 4.44. The maximum atomic E-state index is 12.8. The highest BCUT2D eigenvalue weighted by molar-refractivity contribution is 5.94. The summed E-state index contributed by atoms with van der Waals surface area (Å²) in [5, 5.41) is 14.7. The van der Waals surface area contributed by atoms with Crippen LogP contribution < -0.4 is 0 Å². The summed E-state index contributed by atoms with van der Waals surface area (Å²) in [7, 11) is 0. The summed E-state index contributed by atoms with van der Waals surface area (Å²) in [5.74, 6) is -2.19. The van der Waals surface area contributed by atoms with Crippen molar-refractivity contribution in [3.05, 3.63) is 53.6 Å². The van der Waals surface area contributed by atoms with Crippen molar-refractivity contribution in [2.24, 2.45) is 11.3 Å². The molecule has 4 rings (SSSR count). The van der Waals surface area contributed by atoms with Crippen molar-refractivity contribution in [2.45, 2.75) is 39.0 Å². The quantitative estimate of drug-likeness (QED) is 0.721. The molecule has 2 fully saturated rings. The van der Waals surface area contributed by atoms with E-state index < -0.39 is 12.1 Å². The number of aryl methyl sites for hydroxylation is 1. The molecule has 3 heterocycles. The van der Waals surface area contributed by atoms with Crippen LogP contribution in [0.2, 0.25) is 0 Å². The lowest BCUT2D eigenvalue weighted by Crippen LogP contribution is -2.34. The van der Waals surface area contributed by atoms with E-state index in [4.69, 9.17) is 14.6 Å². The fraction of sp³-hybridized carbons (Fsp3) is 0.500. The molecule has 11 heteroatoms. The van der Waals surface area contributed by atoms with E-state index >= 15 is 0 Å². The summed E-state index contributed by atoms with van der Waals surface area (Å²) in [6, 6.07) is 7.73. The zero-order valence-corrected chi connectivity index (χ0v) is 18.1. The molecule has 0 spiro atoms. The maximum Gasteiger partial charge on any atom is 0.490 e. The van der Waals surface area contributed by atoms with Gasteiger partial charge in [0.15, 0.2) is 0 Å². The van der Waals surface area contributed by atoms with Gasteiger partial charge in [-0.3, -0.25) is 9.78 Å². The molecule has 178 valence electrons. The topological polar surface area (TPSA) is 106 Å². The van der Waals surface area contributed by atoms with Crippen molar-refractivity contribution in [3.8, 4) is 0 Å². The zero-order valence-electron chi connectivity index (χ0n) is 18.1. The Bertz CT molecular complexity index is 974. The molecule has 33 heavy (non-hydrogen) atoms. The van der Waals surface area contributed by atoms with Crippen molar-refractivity contribution < 1.29 is 32.6 Å². The van der Waals surface area contributed by atoms with Gasteiger partial charge in [-0.2, -0.15) is 23.4 Å². The molecular weight excluding hydrogens is 441 g/mol. The van der Waals surface area contributed by atoms with Crippen LogP contribution in [0.4, 0.5) is 13.2 Å². The first-order valence-corrected chi connectivity index (χ1v) is 10.5. The lowest BCUT2D eigenvalue weighted by atomic mass is 9.81. The molecule has 1 amide bonds. The van der Waals surface area contributed by atoms with Gasteiger partial charge in [-0.25, -0.2) is 4.79 Å². The number of pyridine rings is 1. The monoisotopic (exact) mass is 466 g/mol. The summed E-state index contributed by atoms with van der Waals surface area (Å²) in [4.78, 5) is 28.1. The molecule has 1 saturated heterocycles. The number of aromatic nitrogens is 3. The number of halogens is 3. The molecule has 1 aliphatic heterocycles. The zero-order chi connectivity index (χ0) is 24.1. The van der Waals surface area contributed by atoms with Gasteiger partial charge in [0.2, 0.25) is 0 Å². The lowest BCUT2D eigenvalue weighted by molar-refractivity contribution is -0.192. The maximum absolute atomic E-state index is 12.8. The van der Waals surface area contributed by atoms with Crippen LogP contribution in [0, 0.1) is 18.3 Å². The number of carboxylic acids is 1. The summed E-state index contributed by atoms with van der Waals surface area (Å²) < 4.78 is 37.8. The second kappa shape index (κ2) is 10.2. The Morgan fingerprint density at radius 1 is 1.27 bits per heavy atom. The molecule has 0 aromatic carbocycles. The van der Waals surface area contributed by atoms with Crippen LogP contribution in [0.25, 0.3) is 0 Å². The summed E-state index contributed by atoms with van der Waals surface area (Å²) in [5.41, 5.74) is 2.66. The van der Waals surface area contributed by atoms with Crippen molar-refractivity contribution in [3.63, 3.8) is 0 Å². The molecule has 8 nitrogen and oxygen atoms in total. The van der Waals surface area contributed by atoms with Gasteiger partial charge in [0.1, 0.15) is 0 Å². The Morgan fingerprint density at radius 3 is 2.67 bits per heavy atom. The van der Waals surface area contributed by atoms with Crippen molar-refractivity contribution in [2.75, 3.05) is 19.7 Å². The lowest BCUT2D eigenvalue weighted by Gasteiger charge is -2.28. The summed E-state index contributed by atoms with van der Waals surface area (Å²) >= 11 is 0. The first-order valence-electron chi connectivity index (χ1n) is 10.5. The Kier molecular flexibility index (Phi) is 7.62. The normalized spacial score (nSPS) is 21.8. The van der Waals surface area contributed by atoms with Gasteiger partial charge in [0.25, 0.3) is 5.91 Å². The molecule has 2 aliphatic rings. The number of aliphatic carboxylic acids is 1. The molecular formula is C22H25F3N4O4. The number of carbonyl (C=O) groups is 2. The van der Waals surface area contributed by atoms with E-state index in [0.29, 0.717) is 24.7 Å². The molecule has 1 N–H and O–H groups in total. The van der Waals surface area contributed by atoms with Gasteiger partial charge >= 0.3 is 12.1 Å². The van der Waals surface area contributed by atoms with Crippen molar-refractivity contribution in [1.82, 2.24) is 20.1 Å². The number of hydrogen-bond donors (Lipinski definition) is 1. The first-order chi connectivity index (χ1) is 15.6. The van der Waals surface area contributed by atoms with Gasteiger partial charge in [-0.05, 0) is 43.9 Å². The van der Waals surface area contributed by atoms with E-state index in [-0.39, 0.29) is 11.3 Å². The standard InChI is InChI=1S/C20H24N4O2.C2HF3O2/c1-15-4-2-6-18(23-15)12-26-14-20-8-3-5-17(20)11-24(13-20)19(25)16-7-9-21-22-10-16;3-2(4,5)1(6)7/h2,4,6-7,9-10,17H,3,5,8,11-14H2,1H3;(H,6,7)/t17-,20+;/m1./s1. The Morgan fingerprint density at radius 2 is 2.03 bits per heavy atom. The minimum absolute atomic E-state index is 0.0500. The molecule has 1 aliphatic carbocycles. The van der Waals surface area contributed by atoms with Gasteiger partial charge in [0, 0.05) is 24.2 Å². The Hall–Kier alpha value is -3.08. The predicted molar refractivity (Wildman–Crippen MR) is 110 cm³/mol. The van der Waals surface area contributed by atoms with Gasteiger partial charge in [-0.1, -0.05) is 12.5 Å². The van der Waals surface area contributed by atoms with Crippen LogP contribution in [0.15, 0.2) is 36.7 Å². The molecule has 2 aromatic heterocycles. The van der Waals surface area contributed by atoms with E-state index in [0.717, 1.165) is 30.9 Å². The van der Waals surface area contributed by atoms with E-state index in [2.05, 4.69) is 15.2 Å². The second-order valence-electron chi connectivity index (χ2n) is 8.33. The van der Waals surface area contributed by atoms with Crippen LogP contribution in [0.1, 0.15) is 41.0 Å². The minimum Gasteiger partial charge on any atom is -0.475 e. The SMILES string of the molecule is Cc1cccc(COC[C@@]23CCC[C@@H]2CN(C(=O)c2ccnnc2)C3)n1.O=C(O)C(F)(F)F. The van der Waals surface area contributed by atoms with Crippen LogP contribution >= 0.6 is 0 Å². The summed E-state index contributed by atoms with van der Waals surface area (Å²) in [6.45, 7) is 4.78. The van der Waals surface area contributed by atoms with E-state index in [9.17, 15) is 18.0 Å². The Balaban J connectivity index is 0.000000383. The third-order valence-electron chi connectivity index (χ3n) is 5.99. The molecule has 0 bridgehead atoms. The number of hydrogen-bond acceptors (Lipinski definition) is 6. The van der Waals surface area contributed by atoms with E-state index in [1.807, 2.05) is 30.0 Å². The van der Waals surface area contributed by atoms with E-state index in [1.165, 1.54) is 12.8 Å². The number of fused-ring (bicyclic) bond motifs is 1. The van der Waals surface area contributed by atoms with Crippen LogP contribution in [-0.4, -0.2) is 62.9 Å². The average Bonchev–Trinajstić information content (AvgIpc) is 3.31. The number of ether oxygens (including phenoxy) is 1. The number of alkyl halides is 3. The average molecular weight is 466 g/mol. The number of nitrogens with zero attached hydrogens (tertiary/aromatic N) is 4. The Labute approximate surface area is 188 Å². The molecule has 1 saturated carbocycles. The minimum atomic E-state index is -5.08. The molecule has 2 aromatic rings. The predicted octanol–water partition coefficient (Wildman–Crippen LogP) is 3.27. The highest BCUT2D eigenvalue weighted by atomic mass is 19.4. The van der Waals surface area contributed by atoms with Crippen LogP contribution in [0.3, 0.4) is 0 Å². The van der Waals surface area contributed by atoms with Gasteiger partial charge in [-0.15, -0.1) is 0 Å². The van der Waals surface area contributed by atoms with Crippen LogP contribution in [-0.2, 0) is 16.1 Å². The second-order valence-corrected chi connectivity index (χ2v) is 8.33. The number of carbonyl (C=O) groups excluding carboxylic acids is 1. The van der Waals surface area contributed by atoms with Crippen molar-refractivity contribution >= 4 is 11.9 Å². The fourth-order valence-corrected chi connectivity index (χ4v) is 4.44. The molecule has 0 unspecified atom stereocenters. The third-order valence-corrected chi connectivity index (χ3v) is 5.99. The third kappa shape index (κ3) is 6.25. The van der Waals surface area contributed by atoms with Gasteiger partial charge in [0.05, 0.1) is 36.9 Å². The number of likely N-dealkylation sites (tertiary alicyclic amines) is 1.